The topological polar surface area (TPSA) is 63.4 Å². The molecule has 1 heterocycles. The first-order valence-electron chi connectivity index (χ1n) is 6.71. The molecule has 0 radical (unpaired) electrons. The number of hydrogen-bond acceptors (Lipinski definition) is 2. The van der Waals surface area contributed by atoms with E-state index in [9.17, 15) is 9.59 Å². The van der Waals surface area contributed by atoms with Gasteiger partial charge < -0.3 is 10.6 Å². The molecule has 1 aliphatic rings. The molecule has 1 rings (SSSR count). The number of amides is 2. The standard InChI is InChI=1S/C13H24N2O2/c1-3-6-10(7-4-2)13(17)15-9-5-8-11(15)12(14)16/h10-11H,3-9H2,1-2H3,(H2,14,16)/t11-/m0/s1. The van der Waals surface area contributed by atoms with E-state index in [1.807, 2.05) is 0 Å². The summed E-state index contributed by atoms with van der Waals surface area (Å²) in [5.41, 5.74) is 5.34. The predicted octanol–water partition coefficient (Wildman–Crippen LogP) is 1.68. The van der Waals surface area contributed by atoms with Crippen molar-refractivity contribution in [1.29, 1.82) is 0 Å². The van der Waals surface area contributed by atoms with E-state index >= 15 is 0 Å². The van der Waals surface area contributed by atoms with Gasteiger partial charge in [0.1, 0.15) is 6.04 Å². The molecule has 17 heavy (non-hydrogen) atoms. The molecule has 1 atom stereocenters. The normalized spacial score (nSPS) is 19.9. The number of primary amides is 1. The highest BCUT2D eigenvalue weighted by Crippen LogP contribution is 2.23. The molecule has 1 aliphatic heterocycles. The summed E-state index contributed by atoms with van der Waals surface area (Å²) in [6.45, 7) is 4.87. The number of carbonyl (C=O) groups excluding carboxylic acids is 2. The van der Waals surface area contributed by atoms with E-state index in [1.54, 1.807) is 4.90 Å². The van der Waals surface area contributed by atoms with E-state index in [2.05, 4.69) is 13.8 Å². The third kappa shape index (κ3) is 3.45. The summed E-state index contributed by atoms with van der Waals surface area (Å²) in [5, 5.41) is 0. The fraction of sp³-hybridized carbons (Fsp3) is 0.846. The summed E-state index contributed by atoms with van der Waals surface area (Å²) in [7, 11) is 0. The van der Waals surface area contributed by atoms with Gasteiger partial charge in [-0.3, -0.25) is 9.59 Å². The molecule has 2 amide bonds. The Hall–Kier alpha value is -1.06. The molecule has 0 aromatic carbocycles. The Balaban J connectivity index is 2.68. The van der Waals surface area contributed by atoms with Crippen LogP contribution in [0.4, 0.5) is 0 Å². The molecule has 0 aliphatic carbocycles. The van der Waals surface area contributed by atoms with Gasteiger partial charge in [-0.1, -0.05) is 26.7 Å². The minimum absolute atomic E-state index is 0.0740. The third-order valence-electron chi connectivity index (χ3n) is 3.49. The molecule has 4 nitrogen and oxygen atoms in total. The Morgan fingerprint density at radius 1 is 1.29 bits per heavy atom. The van der Waals surface area contributed by atoms with E-state index in [0.29, 0.717) is 6.54 Å². The number of carbonyl (C=O) groups is 2. The van der Waals surface area contributed by atoms with Crippen LogP contribution in [-0.4, -0.2) is 29.3 Å². The fourth-order valence-electron chi connectivity index (χ4n) is 2.65. The minimum Gasteiger partial charge on any atom is -0.368 e. The first-order valence-corrected chi connectivity index (χ1v) is 6.71. The zero-order valence-electron chi connectivity index (χ0n) is 10.9. The number of nitrogens with zero attached hydrogens (tertiary/aromatic N) is 1. The van der Waals surface area contributed by atoms with Gasteiger partial charge in [0.2, 0.25) is 11.8 Å². The lowest BCUT2D eigenvalue weighted by molar-refractivity contribution is -0.141. The Bertz CT molecular complexity index is 273. The lowest BCUT2D eigenvalue weighted by atomic mass is 9.96. The van der Waals surface area contributed by atoms with Crippen molar-refractivity contribution in [1.82, 2.24) is 4.90 Å². The SMILES string of the molecule is CCCC(CCC)C(=O)N1CCC[C@H]1C(N)=O. The number of likely N-dealkylation sites (tertiary alicyclic amines) is 1. The Labute approximate surface area is 104 Å². The lowest BCUT2D eigenvalue weighted by Crippen LogP contribution is -2.46. The maximum atomic E-state index is 12.4. The smallest absolute Gasteiger partial charge is 0.240 e. The van der Waals surface area contributed by atoms with Gasteiger partial charge in [0.15, 0.2) is 0 Å². The van der Waals surface area contributed by atoms with Crippen molar-refractivity contribution in [3.8, 4) is 0 Å². The highest BCUT2D eigenvalue weighted by Gasteiger charge is 2.35. The van der Waals surface area contributed by atoms with Crippen LogP contribution in [0.15, 0.2) is 0 Å². The molecular formula is C13H24N2O2. The Morgan fingerprint density at radius 2 is 1.88 bits per heavy atom. The van der Waals surface area contributed by atoms with Gasteiger partial charge in [0.05, 0.1) is 0 Å². The summed E-state index contributed by atoms with van der Waals surface area (Å²) in [6.07, 6.45) is 5.46. The molecule has 98 valence electrons. The first-order chi connectivity index (χ1) is 8.11. The quantitative estimate of drug-likeness (QED) is 0.767. The van der Waals surface area contributed by atoms with Crippen molar-refractivity contribution in [3.05, 3.63) is 0 Å². The van der Waals surface area contributed by atoms with Crippen molar-refractivity contribution in [2.75, 3.05) is 6.54 Å². The molecular weight excluding hydrogens is 216 g/mol. The van der Waals surface area contributed by atoms with Crippen molar-refractivity contribution in [2.45, 2.75) is 58.4 Å². The second-order valence-corrected chi connectivity index (χ2v) is 4.87. The molecule has 4 heteroatoms. The molecule has 0 aromatic rings. The van der Waals surface area contributed by atoms with Gasteiger partial charge in [-0.2, -0.15) is 0 Å². The number of rotatable bonds is 6. The van der Waals surface area contributed by atoms with Crippen LogP contribution in [0, 0.1) is 5.92 Å². The molecule has 0 unspecified atom stereocenters. The summed E-state index contributed by atoms with van der Waals surface area (Å²) in [5.74, 6) is -0.150. The summed E-state index contributed by atoms with van der Waals surface area (Å²) in [4.78, 5) is 25.3. The molecule has 0 spiro atoms. The zero-order valence-corrected chi connectivity index (χ0v) is 10.9. The molecule has 1 fully saturated rings. The van der Waals surface area contributed by atoms with Crippen LogP contribution in [-0.2, 0) is 9.59 Å². The van der Waals surface area contributed by atoms with Crippen molar-refractivity contribution < 1.29 is 9.59 Å². The van der Waals surface area contributed by atoms with Crippen LogP contribution in [0.5, 0.6) is 0 Å². The Kier molecular flexibility index (Phi) is 5.45. The molecule has 0 saturated carbocycles. The molecule has 0 aromatic heterocycles. The van der Waals surface area contributed by atoms with Gasteiger partial charge in [-0.25, -0.2) is 0 Å². The second kappa shape index (κ2) is 6.62. The highest BCUT2D eigenvalue weighted by atomic mass is 16.2. The van der Waals surface area contributed by atoms with Crippen molar-refractivity contribution in [2.24, 2.45) is 11.7 Å². The molecule has 2 N–H and O–H groups in total. The largest absolute Gasteiger partial charge is 0.368 e. The van der Waals surface area contributed by atoms with E-state index < -0.39 is 0 Å². The van der Waals surface area contributed by atoms with E-state index in [4.69, 9.17) is 5.73 Å². The number of hydrogen-bond donors (Lipinski definition) is 1. The van der Waals surface area contributed by atoms with Crippen molar-refractivity contribution in [3.63, 3.8) is 0 Å². The van der Waals surface area contributed by atoms with Gasteiger partial charge in [0, 0.05) is 12.5 Å². The van der Waals surface area contributed by atoms with E-state index in [0.717, 1.165) is 38.5 Å². The number of nitrogens with two attached hydrogens (primary N) is 1. The fourth-order valence-corrected chi connectivity index (χ4v) is 2.65. The van der Waals surface area contributed by atoms with Crippen LogP contribution in [0.2, 0.25) is 0 Å². The van der Waals surface area contributed by atoms with Gasteiger partial charge in [-0.05, 0) is 25.7 Å². The maximum Gasteiger partial charge on any atom is 0.240 e. The predicted molar refractivity (Wildman–Crippen MR) is 67.2 cm³/mol. The minimum atomic E-state index is -0.362. The van der Waals surface area contributed by atoms with E-state index in [1.165, 1.54) is 0 Å². The third-order valence-corrected chi connectivity index (χ3v) is 3.49. The first kappa shape index (κ1) is 14.0. The Morgan fingerprint density at radius 3 is 2.35 bits per heavy atom. The summed E-state index contributed by atoms with van der Waals surface area (Å²) < 4.78 is 0. The average molecular weight is 240 g/mol. The summed E-state index contributed by atoms with van der Waals surface area (Å²) in [6, 6.07) is -0.362. The zero-order chi connectivity index (χ0) is 12.8. The van der Waals surface area contributed by atoms with Crippen LogP contribution in [0.25, 0.3) is 0 Å². The van der Waals surface area contributed by atoms with Gasteiger partial charge in [-0.15, -0.1) is 0 Å². The van der Waals surface area contributed by atoms with Gasteiger partial charge in [0.25, 0.3) is 0 Å². The average Bonchev–Trinajstić information content (AvgIpc) is 2.76. The van der Waals surface area contributed by atoms with E-state index in [-0.39, 0.29) is 23.8 Å². The maximum absolute atomic E-state index is 12.4. The summed E-state index contributed by atoms with van der Waals surface area (Å²) >= 11 is 0. The van der Waals surface area contributed by atoms with Crippen LogP contribution >= 0.6 is 0 Å². The van der Waals surface area contributed by atoms with Crippen LogP contribution < -0.4 is 5.73 Å². The van der Waals surface area contributed by atoms with Crippen molar-refractivity contribution >= 4 is 11.8 Å². The lowest BCUT2D eigenvalue weighted by Gasteiger charge is -2.27. The molecule has 1 saturated heterocycles. The van der Waals surface area contributed by atoms with Gasteiger partial charge >= 0.3 is 0 Å². The van der Waals surface area contributed by atoms with Crippen LogP contribution in [0.1, 0.15) is 52.4 Å². The highest BCUT2D eigenvalue weighted by molar-refractivity contribution is 5.88. The molecule has 0 bridgehead atoms. The monoisotopic (exact) mass is 240 g/mol. The van der Waals surface area contributed by atoms with Crippen LogP contribution in [0.3, 0.4) is 0 Å². The second-order valence-electron chi connectivity index (χ2n) is 4.87.